The first-order chi connectivity index (χ1) is 35.1. The van der Waals surface area contributed by atoms with Crippen molar-refractivity contribution in [3.63, 3.8) is 0 Å². The van der Waals surface area contributed by atoms with Crippen molar-refractivity contribution in [2.75, 3.05) is 59.9 Å². The van der Waals surface area contributed by atoms with Crippen molar-refractivity contribution in [3.8, 4) is 11.1 Å². The van der Waals surface area contributed by atoms with E-state index in [1.54, 1.807) is 40.8 Å². The van der Waals surface area contributed by atoms with E-state index in [0.29, 0.717) is 44.0 Å². The minimum Gasteiger partial charge on any atom is -0.459 e. The number of aliphatic hydroxyl groups is 5. The molecule has 426 valence electrons. The molecular formula is C56H95N7O12. The molecule has 3 aliphatic heterocycles. The van der Waals surface area contributed by atoms with Crippen molar-refractivity contribution in [3.05, 3.63) is 54.1 Å². The van der Waals surface area contributed by atoms with E-state index >= 15 is 0 Å². The third-order valence-corrected chi connectivity index (χ3v) is 16.3. The largest absolute Gasteiger partial charge is 0.459 e. The Balaban J connectivity index is 1.34. The van der Waals surface area contributed by atoms with Gasteiger partial charge in [-0.1, -0.05) is 45.0 Å². The predicted molar refractivity (Wildman–Crippen MR) is 288 cm³/mol. The predicted octanol–water partition coefficient (Wildman–Crippen LogP) is 4.21. The van der Waals surface area contributed by atoms with Gasteiger partial charge in [-0.2, -0.15) is 0 Å². The molecule has 19 heteroatoms. The number of esters is 1. The average Bonchev–Trinajstić information content (AvgIpc) is 3.36. The lowest BCUT2D eigenvalue weighted by molar-refractivity contribution is -0.308. The maximum absolute atomic E-state index is 14.5. The number of cyclic esters (lactones) is 1. The number of hydrogen-bond acceptors (Lipinski definition) is 19. The molecular weight excluding hydrogens is 963 g/mol. The van der Waals surface area contributed by atoms with Gasteiger partial charge in [-0.15, -0.1) is 0 Å². The molecule has 5 rings (SSSR count). The van der Waals surface area contributed by atoms with Gasteiger partial charge in [0.05, 0.1) is 54.2 Å². The molecule has 0 saturated carbocycles. The summed E-state index contributed by atoms with van der Waals surface area (Å²) in [6.45, 7) is 19.0. The van der Waals surface area contributed by atoms with Crippen molar-refractivity contribution >= 4 is 11.9 Å². The van der Waals surface area contributed by atoms with Crippen molar-refractivity contribution in [1.29, 1.82) is 0 Å². The minimum absolute atomic E-state index is 0.0168. The molecule has 0 bridgehead atoms. The molecule has 1 aromatic heterocycles. The van der Waals surface area contributed by atoms with Crippen molar-refractivity contribution < 1.29 is 58.7 Å². The molecule has 0 spiro atoms. The third kappa shape index (κ3) is 16.0. The maximum Gasteiger partial charge on any atom is 0.311 e. The summed E-state index contributed by atoms with van der Waals surface area (Å²) in [4.78, 5) is 29.4. The first-order valence-electron chi connectivity index (χ1n) is 27.1. The number of carbonyl (C=O) groups is 1. The highest BCUT2D eigenvalue weighted by Crippen LogP contribution is 2.40. The molecule has 1 aromatic carbocycles. The fourth-order valence-electron chi connectivity index (χ4n) is 11.4. The summed E-state index contributed by atoms with van der Waals surface area (Å²) in [6.07, 6.45) is 0.481. The van der Waals surface area contributed by atoms with Crippen LogP contribution in [-0.4, -0.2) is 197 Å². The van der Waals surface area contributed by atoms with E-state index < -0.39 is 89.9 Å². The van der Waals surface area contributed by atoms with Crippen LogP contribution < -0.4 is 16.0 Å². The molecule has 0 aliphatic carbocycles. The summed E-state index contributed by atoms with van der Waals surface area (Å²) in [6, 6.07) is 7.37. The van der Waals surface area contributed by atoms with E-state index in [1.165, 1.54) is 14.0 Å². The Bertz CT molecular complexity index is 2100. The summed E-state index contributed by atoms with van der Waals surface area (Å²) >= 11 is 0. The van der Waals surface area contributed by atoms with Gasteiger partial charge in [0.25, 0.3) is 0 Å². The van der Waals surface area contributed by atoms with Crippen LogP contribution in [0.15, 0.2) is 48.6 Å². The zero-order chi connectivity index (χ0) is 55.7. The first kappa shape index (κ1) is 62.3. The van der Waals surface area contributed by atoms with Crippen LogP contribution in [0.3, 0.4) is 0 Å². The lowest BCUT2D eigenvalue weighted by Crippen LogP contribution is -2.59. The number of nitrogens with one attached hydrogen (secondary N) is 1. The first-order valence-corrected chi connectivity index (χ1v) is 27.1. The maximum atomic E-state index is 14.5. The second-order valence-electron chi connectivity index (χ2n) is 23.2. The molecule has 0 unspecified atom stereocenters. The van der Waals surface area contributed by atoms with Crippen LogP contribution in [0.1, 0.15) is 113 Å². The number of anilines is 1. The Morgan fingerprint density at radius 3 is 2.20 bits per heavy atom. The van der Waals surface area contributed by atoms with Crippen molar-refractivity contribution in [2.24, 2.45) is 23.5 Å². The van der Waals surface area contributed by atoms with Gasteiger partial charge in [0.15, 0.2) is 12.6 Å². The van der Waals surface area contributed by atoms with E-state index in [0.717, 1.165) is 23.1 Å². The van der Waals surface area contributed by atoms with Gasteiger partial charge >= 0.3 is 5.97 Å². The van der Waals surface area contributed by atoms with E-state index in [9.17, 15) is 30.3 Å². The summed E-state index contributed by atoms with van der Waals surface area (Å²) in [7, 11) is 9.24. The molecule has 3 fully saturated rings. The highest BCUT2D eigenvalue weighted by Gasteiger charge is 2.52. The Kier molecular flexibility index (Phi) is 22.3. The number of nitrogens with two attached hydrogens (primary N) is 1. The molecule has 0 radical (unpaired) electrons. The summed E-state index contributed by atoms with van der Waals surface area (Å²) in [5.41, 5.74) is 5.83. The lowest BCUT2D eigenvalue weighted by Gasteiger charge is -2.48. The van der Waals surface area contributed by atoms with Gasteiger partial charge in [-0.25, -0.2) is 9.97 Å². The zero-order valence-electron chi connectivity index (χ0n) is 47.7. The quantitative estimate of drug-likeness (QED) is 0.110. The second-order valence-corrected chi connectivity index (χ2v) is 23.2. The van der Waals surface area contributed by atoms with Gasteiger partial charge in [0.2, 0.25) is 5.95 Å². The average molecular weight is 1060 g/mol. The molecule has 3 aliphatic rings. The second kappa shape index (κ2) is 26.9. The molecule has 2 aromatic rings. The van der Waals surface area contributed by atoms with Gasteiger partial charge < -0.3 is 79.7 Å². The van der Waals surface area contributed by atoms with Crippen LogP contribution in [0, 0.1) is 17.8 Å². The van der Waals surface area contributed by atoms with E-state index in [2.05, 4.69) is 27.2 Å². The molecule has 75 heavy (non-hydrogen) atoms. The normalized spacial score (nSPS) is 37.6. The molecule has 0 amide bonds. The molecule has 18 atom stereocenters. The number of carbonyl (C=O) groups excluding carboxylic acids is 1. The Morgan fingerprint density at radius 1 is 0.947 bits per heavy atom. The van der Waals surface area contributed by atoms with Crippen LogP contribution >= 0.6 is 0 Å². The molecule has 19 nitrogen and oxygen atoms in total. The van der Waals surface area contributed by atoms with Gasteiger partial charge in [0.1, 0.15) is 23.9 Å². The molecule has 3 saturated heterocycles. The number of ether oxygens (including phenoxy) is 6. The zero-order valence-corrected chi connectivity index (χ0v) is 47.7. The molecule has 4 heterocycles. The highest BCUT2D eigenvalue weighted by molar-refractivity contribution is 5.73. The van der Waals surface area contributed by atoms with Crippen LogP contribution in [0.5, 0.6) is 0 Å². The van der Waals surface area contributed by atoms with Crippen molar-refractivity contribution in [2.45, 2.75) is 204 Å². The van der Waals surface area contributed by atoms with Crippen LogP contribution in [0.4, 0.5) is 5.95 Å². The summed E-state index contributed by atoms with van der Waals surface area (Å²) in [5.74, 6) is -1.87. The fraction of sp³-hybridized carbons (Fsp3) is 0.768. The lowest BCUT2D eigenvalue weighted by atomic mass is 9.77. The smallest absolute Gasteiger partial charge is 0.311 e. The van der Waals surface area contributed by atoms with E-state index in [4.69, 9.17) is 34.2 Å². The monoisotopic (exact) mass is 1060 g/mol. The van der Waals surface area contributed by atoms with Crippen LogP contribution in [0.2, 0.25) is 0 Å². The SMILES string of the molecule is CC[C@H]1OC(=O)[C@H](C)[C@@H](O[C@H]2C[C@@](C)(OC)[C@@H](O)[C@H](C)O2)[C@H](C)[C@@H](O[C@H]2C[C@@H](N(C)CC/C(N)=C/N[C@H](CO)Cc3ccc(-c4cnc(N(C)C)nc4)cc3)C[C@@H](C)O2)[C@](C)(O)C[C@@H](C)CN(C)[C@H](C)[C@@H](O)[C@]1(C)O. The van der Waals surface area contributed by atoms with E-state index in [1.807, 2.05) is 95.3 Å². The summed E-state index contributed by atoms with van der Waals surface area (Å²) in [5, 5.41) is 61.1. The Labute approximate surface area is 447 Å². The number of methoxy groups -OCH3 is 1. The third-order valence-electron chi connectivity index (χ3n) is 16.3. The number of aliphatic hydroxyl groups excluding tert-OH is 3. The number of aromatic nitrogens is 2. The molecule has 8 N–H and O–H groups in total. The fourth-order valence-corrected chi connectivity index (χ4v) is 11.4. The van der Waals surface area contributed by atoms with Gasteiger partial charge in [0, 0.05) is 101 Å². The number of likely N-dealkylation sites (N-methyl/N-ethyl adjacent to an activating group) is 1. The van der Waals surface area contributed by atoms with Crippen molar-refractivity contribution in [1.82, 2.24) is 25.1 Å². The van der Waals surface area contributed by atoms with Crippen LogP contribution in [-0.2, 0) is 39.6 Å². The minimum atomic E-state index is -1.81. The number of rotatable bonds is 17. The van der Waals surface area contributed by atoms with Crippen LogP contribution in [0.25, 0.3) is 11.1 Å². The van der Waals surface area contributed by atoms with E-state index in [-0.39, 0.29) is 50.0 Å². The number of hydrogen-bond donors (Lipinski definition) is 7. The summed E-state index contributed by atoms with van der Waals surface area (Å²) < 4.78 is 38.7. The topological polar surface area (TPSA) is 247 Å². The highest BCUT2D eigenvalue weighted by atomic mass is 16.7. The van der Waals surface area contributed by atoms with Gasteiger partial charge in [-0.05, 0) is 105 Å². The standard InChI is InChI=1S/C56H95N7O12/c1-16-45-56(10,69)49(65)37(6)63(14)31-33(2)26-54(8,68)51(35(4)48(36(5)52(67)73-45)74-47-27-55(9,70-15)50(66)38(7)72-47)75-46-25-44(23-34(3)71-46)62(13)22-21-42(57)30-58-43(32-64)24-39-17-19-40(20-18-39)41-28-59-53(60-29-41)61(11)12/h17-20,28-30,33-38,43-51,58,64-66,68-69H,16,21-27,31-32,57H2,1-15H3/b42-30-/t33-,34-,35+,36-,37-,38+,43+,44+,45-,46+,47+,48+,49-,50+,51-,54-,55-,56-/m1/s1. The number of nitrogens with zero attached hydrogens (tertiary/aromatic N) is 5. The Hall–Kier alpha value is -3.57. The van der Waals surface area contributed by atoms with Gasteiger partial charge in [-0.3, -0.25) is 4.79 Å². The Morgan fingerprint density at radius 2 is 1.60 bits per heavy atom. The number of benzene rings is 1.